The lowest BCUT2D eigenvalue weighted by atomic mass is 10.0. The Balaban J connectivity index is 1.34. The quantitative estimate of drug-likeness (QED) is 0.415. The normalized spacial score (nSPS) is 10.8. The van der Waals surface area contributed by atoms with Crippen molar-refractivity contribution in [2.24, 2.45) is 0 Å². The van der Waals surface area contributed by atoms with E-state index in [9.17, 15) is 0 Å². The average molecular weight is 309 g/mol. The molecule has 0 unspecified atom stereocenters. The van der Waals surface area contributed by atoms with E-state index in [0.717, 1.165) is 0 Å². The summed E-state index contributed by atoms with van der Waals surface area (Å²) in [6.45, 7) is 0. The molecule has 0 bridgehead atoms. The molecule has 1 heterocycles. The number of aryl methyl sites for hydroxylation is 2. The van der Waals surface area contributed by atoms with Crippen molar-refractivity contribution < 1.29 is 0 Å². The second-order valence-corrected chi connectivity index (χ2v) is 6.52. The number of benzene rings is 1. The molecule has 124 valence electrons. The van der Waals surface area contributed by atoms with Gasteiger partial charge in [0.25, 0.3) is 0 Å². The van der Waals surface area contributed by atoms with Gasteiger partial charge in [-0.3, -0.25) is 4.98 Å². The Morgan fingerprint density at radius 3 is 1.43 bits per heavy atom. The molecule has 0 saturated heterocycles. The molecule has 0 aliphatic heterocycles. The van der Waals surface area contributed by atoms with Crippen molar-refractivity contribution in [2.75, 3.05) is 0 Å². The maximum atomic E-state index is 4.06. The van der Waals surface area contributed by atoms with E-state index in [-0.39, 0.29) is 0 Å². The van der Waals surface area contributed by atoms with Crippen molar-refractivity contribution in [1.29, 1.82) is 0 Å². The third kappa shape index (κ3) is 8.54. The van der Waals surface area contributed by atoms with E-state index in [0.29, 0.717) is 0 Å². The van der Waals surface area contributed by atoms with Crippen LogP contribution >= 0.6 is 0 Å². The highest BCUT2D eigenvalue weighted by Crippen LogP contribution is 2.13. The van der Waals surface area contributed by atoms with Crippen molar-refractivity contribution in [3.8, 4) is 0 Å². The van der Waals surface area contributed by atoms with Crippen LogP contribution in [0.4, 0.5) is 0 Å². The molecule has 0 radical (unpaired) electrons. The van der Waals surface area contributed by atoms with E-state index >= 15 is 0 Å². The molecule has 1 heteroatoms. The summed E-state index contributed by atoms with van der Waals surface area (Å²) in [5.41, 5.74) is 2.92. The van der Waals surface area contributed by atoms with Gasteiger partial charge in [-0.25, -0.2) is 0 Å². The fourth-order valence-electron chi connectivity index (χ4n) is 3.09. The molecule has 1 aromatic heterocycles. The van der Waals surface area contributed by atoms with Gasteiger partial charge in [0, 0.05) is 12.4 Å². The van der Waals surface area contributed by atoms with Crippen LogP contribution in [0.2, 0.25) is 0 Å². The van der Waals surface area contributed by atoms with Crippen LogP contribution in [0.25, 0.3) is 0 Å². The minimum atomic E-state index is 1.21. The smallest absolute Gasteiger partial charge is 0.0270 e. The lowest BCUT2D eigenvalue weighted by Crippen LogP contribution is -1.87. The molecule has 0 saturated carbocycles. The van der Waals surface area contributed by atoms with Crippen molar-refractivity contribution in [3.63, 3.8) is 0 Å². The van der Waals surface area contributed by atoms with Gasteiger partial charge in [0.2, 0.25) is 0 Å². The molecule has 2 rings (SSSR count). The summed E-state index contributed by atoms with van der Waals surface area (Å²) in [5.74, 6) is 0. The van der Waals surface area contributed by atoms with Gasteiger partial charge in [-0.2, -0.15) is 0 Å². The molecule has 0 amide bonds. The molecule has 1 aromatic carbocycles. The lowest BCUT2D eigenvalue weighted by Gasteiger charge is -2.04. The number of hydrogen-bond acceptors (Lipinski definition) is 1. The first-order chi connectivity index (χ1) is 11.4. The van der Waals surface area contributed by atoms with E-state index < -0.39 is 0 Å². The van der Waals surface area contributed by atoms with Crippen molar-refractivity contribution in [1.82, 2.24) is 4.98 Å². The average Bonchev–Trinajstić information content (AvgIpc) is 2.61. The molecule has 23 heavy (non-hydrogen) atoms. The van der Waals surface area contributed by atoms with Gasteiger partial charge < -0.3 is 0 Å². The van der Waals surface area contributed by atoms with Crippen LogP contribution in [-0.4, -0.2) is 4.98 Å². The van der Waals surface area contributed by atoms with Crippen molar-refractivity contribution in [2.45, 2.75) is 70.6 Å². The minimum absolute atomic E-state index is 1.21. The van der Waals surface area contributed by atoms with Gasteiger partial charge in [-0.05, 0) is 48.9 Å². The van der Waals surface area contributed by atoms with Crippen LogP contribution < -0.4 is 0 Å². The van der Waals surface area contributed by atoms with Crippen LogP contribution in [0.15, 0.2) is 54.9 Å². The third-order valence-electron chi connectivity index (χ3n) is 4.52. The number of unbranched alkanes of at least 4 members (excludes halogenated alkanes) is 8. The maximum absolute atomic E-state index is 4.06. The molecule has 0 spiro atoms. The van der Waals surface area contributed by atoms with Gasteiger partial charge in [0.05, 0.1) is 0 Å². The van der Waals surface area contributed by atoms with Crippen LogP contribution in [0.1, 0.15) is 68.9 Å². The Hall–Kier alpha value is -1.63. The molecule has 0 aliphatic carbocycles. The monoisotopic (exact) mass is 309 g/mol. The van der Waals surface area contributed by atoms with Crippen LogP contribution in [0.5, 0.6) is 0 Å². The molecule has 0 N–H and O–H groups in total. The lowest BCUT2D eigenvalue weighted by molar-refractivity contribution is 0.558. The number of nitrogens with zero attached hydrogens (tertiary/aromatic N) is 1. The second kappa shape index (κ2) is 11.9. The summed E-state index contributed by atoms with van der Waals surface area (Å²) in [5, 5.41) is 0. The zero-order chi connectivity index (χ0) is 16.0. The summed E-state index contributed by atoms with van der Waals surface area (Å²) >= 11 is 0. The van der Waals surface area contributed by atoms with Gasteiger partial charge >= 0.3 is 0 Å². The molecule has 0 fully saturated rings. The fourth-order valence-corrected chi connectivity index (χ4v) is 3.09. The first-order valence-corrected chi connectivity index (χ1v) is 9.38. The Labute approximate surface area is 142 Å². The molecule has 0 atom stereocenters. The molecule has 2 aromatic rings. The maximum Gasteiger partial charge on any atom is 0.0270 e. The zero-order valence-electron chi connectivity index (χ0n) is 14.4. The highest BCUT2D eigenvalue weighted by molar-refractivity contribution is 5.14. The number of rotatable bonds is 12. The largest absolute Gasteiger partial charge is 0.265 e. The predicted octanol–water partition coefficient (Wildman–Crippen LogP) is 6.38. The SMILES string of the molecule is c1ccc(CCCCCCCCCCCc2ccncc2)cc1. The zero-order valence-corrected chi connectivity index (χ0v) is 14.4. The van der Waals surface area contributed by atoms with E-state index in [1.165, 1.54) is 81.8 Å². The van der Waals surface area contributed by atoms with Crippen molar-refractivity contribution in [3.05, 3.63) is 66.0 Å². The number of pyridine rings is 1. The van der Waals surface area contributed by atoms with Crippen molar-refractivity contribution >= 4 is 0 Å². The Morgan fingerprint density at radius 1 is 0.478 bits per heavy atom. The first kappa shape index (κ1) is 17.7. The predicted molar refractivity (Wildman–Crippen MR) is 99.6 cm³/mol. The molecular weight excluding hydrogens is 278 g/mol. The number of hydrogen-bond donors (Lipinski definition) is 0. The van der Waals surface area contributed by atoms with Gasteiger partial charge in [-0.15, -0.1) is 0 Å². The van der Waals surface area contributed by atoms with Gasteiger partial charge in [-0.1, -0.05) is 75.3 Å². The van der Waals surface area contributed by atoms with E-state index in [1.807, 2.05) is 12.4 Å². The summed E-state index contributed by atoms with van der Waals surface area (Å²) in [6, 6.07) is 15.1. The topological polar surface area (TPSA) is 12.9 Å². The van der Waals surface area contributed by atoms with E-state index in [4.69, 9.17) is 0 Å². The minimum Gasteiger partial charge on any atom is -0.265 e. The third-order valence-corrected chi connectivity index (χ3v) is 4.52. The van der Waals surface area contributed by atoms with Crippen LogP contribution in [0.3, 0.4) is 0 Å². The van der Waals surface area contributed by atoms with Crippen LogP contribution in [-0.2, 0) is 12.8 Å². The Morgan fingerprint density at radius 2 is 0.913 bits per heavy atom. The fraction of sp³-hybridized carbons (Fsp3) is 0.500. The molecule has 0 aliphatic rings. The summed E-state index contributed by atoms with van der Waals surface area (Å²) in [6.07, 6.45) is 18.7. The van der Waals surface area contributed by atoms with Gasteiger partial charge in [0.1, 0.15) is 0 Å². The molecular formula is C22H31N. The standard InChI is InChI=1S/C22H31N/c1(2-4-6-9-13-21-14-11-8-12-15-21)3-5-7-10-16-22-17-19-23-20-18-22/h8,11-12,14-15,17-20H,1-7,9-10,13,16H2. The molecule has 1 nitrogen and oxygen atoms in total. The van der Waals surface area contributed by atoms with Crippen LogP contribution in [0, 0.1) is 0 Å². The highest BCUT2D eigenvalue weighted by Gasteiger charge is 1.95. The van der Waals surface area contributed by atoms with Gasteiger partial charge in [0.15, 0.2) is 0 Å². The second-order valence-electron chi connectivity index (χ2n) is 6.52. The Kier molecular flexibility index (Phi) is 9.15. The first-order valence-electron chi connectivity index (χ1n) is 9.38. The Bertz CT molecular complexity index is 444. The van der Waals surface area contributed by atoms with E-state index in [2.05, 4.69) is 47.4 Å². The van der Waals surface area contributed by atoms with E-state index in [1.54, 1.807) is 0 Å². The highest BCUT2D eigenvalue weighted by atomic mass is 14.6. The number of aromatic nitrogens is 1. The summed E-state index contributed by atoms with van der Waals surface area (Å²) < 4.78 is 0. The summed E-state index contributed by atoms with van der Waals surface area (Å²) in [4.78, 5) is 4.06. The summed E-state index contributed by atoms with van der Waals surface area (Å²) in [7, 11) is 0.